The topological polar surface area (TPSA) is 56.8 Å². The van der Waals surface area contributed by atoms with Crippen LogP contribution >= 0.6 is 0 Å². The molecule has 0 radical (unpaired) electrons. The Kier molecular flexibility index (Phi) is 6.17. The molecular formula is C27H27NO4. The first-order chi connectivity index (χ1) is 15.4. The van der Waals surface area contributed by atoms with Gasteiger partial charge in [0.25, 0.3) is 0 Å². The van der Waals surface area contributed by atoms with Gasteiger partial charge in [0.2, 0.25) is 5.88 Å². The lowest BCUT2D eigenvalue weighted by Gasteiger charge is -2.23. The molecule has 5 nitrogen and oxygen atoms in total. The summed E-state index contributed by atoms with van der Waals surface area (Å²) in [7, 11) is 0. The maximum atomic E-state index is 12.9. The lowest BCUT2D eigenvalue weighted by Crippen LogP contribution is -2.24. The van der Waals surface area contributed by atoms with Crippen LogP contribution in [0.15, 0.2) is 96.5 Å². The largest absolute Gasteiger partial charge is 0.463 e. The first-order valence-corrected chi connectivity index (χ1v) is 10.7. The molecule has 0 amide bonds. The number of allylic oxidation sites excluding steroid dienone is 4. The van der Waals surface area contributed by atoms with Crippen LogP contribution in [0.5, 0.6) is 0 Å². The number of carbonyl (C=O) groups is 1. The normalized spacial score (nSPS) is 15.5. The van der Waals surface area contributed by atoms with Gasteiger partial charge >= 0.3 is 5.97 Å². The Morgan fingerprint density at radius 1 is 1.03 bits per heavy atom. The van der Waals surface area contributed by atoms with Gasteiger partial charge in [0.05, 0.1) is 11.3 Å². The molecule has 164 valence electrons. The van der Waals surface area contributed by atoms with Crippen molar-refractivity contribution >= 4 is 11.7 Å². The fourth-order valence-electron chi connectivity index (χ4n) is 3.43. The molecule has 0 fully saturated rings. The van der Waals surface area contributed by atoms with Gasteiger partial charge in [-0.3, -0.25) is 0 Å². The summed E-state index contributed by atoms with van der Waals surface area (Å²) in [6.45, 7) is 5.54. The number of anilines is 1. The maximum Gasteiger partial charge on any atom is 0.340 e. The molecule has 0 saturated heterocycles. The first kappa shape index (κ1) is 21.5. The molecule has 0 unspecified atom stereocenters. The summed E-state index contributed by atoms with van der Waals surface area (Å²) in [4.78, 5) is 12.9. The summed E-state index contributed by atoms with van der Waals surface area (Å²) in [5.41, 5.74) is 3.46. The highest BCUT2D eigenvalue weighted by Gasteiger charge is 2.23. The maximum absolute atomic E-state index is 12.9. The molecule has 2 aromatic rings. The highest BCUT2D eigenvalue weighted by Crippen LogP contribution is 2.31. The van der Waals surface area contributed by atoms with Crippen molar-refractivity contribution in [3.8, 4) is 11.1 Å². The molecule has 0 atom stereocenters. The third-order valence-corrected chi connectivity index (χ3v) is 4.90. The average Bonchev–Trinajstić information content (AvgIpc) is 2.79. The van der Waals surface area contributed by atoms with Crippen LogP contribution in [0.4, 0.5) is 5.69 Å². The quantitative estimate of drug-likeness (QED) is 0.537. The lowest BCUT2D eigenvalue weighted by atomic mass is 10.0. The summed E-state index contributed by atoms with van der Waals surface area (Å²) in [5, 5.41) is 3.22. The molecule has 2 aliphatic rings. The molecule has 5 heteroatoms. The molecule has 2 aromatic carbocycles. The van der Waals surface area contributed by atoms with Crippen molar-refractivity contribution in [2.24, 2.45) is 0 Å². The van der Waals surface area contributed by atoms with Crippen molar-refractivity contribution in [2.45, 2.75) is 39.2 Å². The van der Waals surface area contributed by atoms with E-state index in [0.29, 0.717) is 22.9 Å². The number of hydrogen-bond donors (Lipinski definition) is 1. The zero-order valence-corrected chi connectivity index (χ0v) is 18.6. The van der Waals surface area contributed by atoms with Crippen LogP contribution in [0.1, 0.15) is 44.0 Å². The van der Waals surface area contributed by atoms with Gasteiger partial charge in [-0.15, -0.1) is 0 Å². The van der Waals surface area contributed by atoms with Crippen molar-refractivity contribution in [3.05, 3.63) is 102 Å². The van der Waals surface area contributed by atoms with E-state index in [2.05, 4.69) is 11.4 Å². The van der Waals surface area contributed by atoms with Crippen LogP contribution < -0.4 is 5.32 Å². The molecule has 1 N–H and O–H groups in total. The molecule has 0 aromatic heterocycles. The Balaban J connectivity index is 1.63. The van der Waals surface area contributed by atoms with Crippen LogP contribution in [0.25, 0.3) is 11.1 Å². The first-order valence-electron chi connectivity index (χ1n) is 10.7. The van der Waals surface area contributed by atoms with Crippen molar-refractivity contribution in [1.29, 1.82) is 0 Å². The highest BCUT2D eigenvalue weighted by molar-refractivity contribution is 5.97. The van der Waals surface area contributed by atoms with Crippen LogP contribution in [0.2, 0.25) is 0 Å². The van der Waals surface area contributed by atoms with Gasteiger partial charge < -0.3 is 19.5 Å². The van der Waals surface area contributed by atoms with Crippen LogP contribution in [0, 0.1) is 0 Å². The smallest absolute Gasteiger partial charge is 0.340 e. The number of esters is 1. The van der Waals surface area contributed by atoms with E-state index in [9.17, 15) is 4.79 Å². The van der Waals surface area contributed by atoms with E-state index in [-0.39, 0.29) is 0 Å². The highest BCUT2D eigenvalue weighted by atomic mass is 16.6. The van der Waals surface area contributed by atoms with Crippen molar-refractivity contribution < 1.29 is 19.0 Å². The van der Waals surface area contributed by atoms with E-state index in [1.807, 2.05) is 75.4 Å². The number of nitrogens with one attached hydrogen (secondary N) is 1. The molecule has 1 aliphatic heterocycles. The Labute approximate surface area is 188 Å². The van der Waals surface area contributed by atoms with E-state index in [4.69, 9.17) is 14.2 Å². The summed E-state index contributed by atoms with van der Waals surface area (Å²) in [5.74, 6) is 0.637. The van der Waals surface area contributed by atoms with Crippen molar-refractivity contribution in [2.75, 3.05) is 5.32 Å². The Morgan fingerprint density at radius 3 is 2.56 bits per heavy atom. The lowest BCUT2D eigenvalue weighted by molar-refractivity contribution is 0.00707. The monoisotopic (exact) mass is 429 g/mol. The standard InChI is InChI=1S/C27H27NO4/c1-27(2,3)32-26(29)22-15-14-21(19-10-6-4-7-11-19)16-23(22)28-25-18-30-17-24(31-25)20-12-8-5-9-13-20/h4-8,10-12,14-18,28H,9,13H2,1-3H3. The second-order valence-electron chi connectivity index (χ2n) is 8.61. The number of rotatable bonds is 5. The molecule has 32 heavy (non-hydrogen) atoms. The second-order valence-corrected chi connectivity index (χ2v) is 8.61. The SMILES string of the molecule is CC(C)(C)OC(=O)c1ccc(-c2ccccc2)cc1NC1=COC=C(C2=CC=CCC2)O1. The van der Waals surface area contributed by atoms with Gasteiger partial charge in [0.1, 0.15) is 11.9 Å². The van der Waals surface area contributed by atoms with Gasteiger partial charge in [0.15, 0.2) is 12.0 Å². The minimum absolute atomic E-state index is 0.396. The number of benzene rings is 2. The molecular weight excluding hydrogens is 402 g/mol. The fourth-order valence-corrected chi connectivity index (χ4v) is 3.43. The Bertz CT molecular complexity index is 1120. The van der Waals surface area contributed by atoms with Crippen LogP contribution in [-0.4, -0.2) is 11.6 Å². The average molecular weight is 430 g/mol. The molecule has 1 heterocycles. The van der Waals surface area contributed by atoms with Crippen molar-refractivity contribution in [1.82, 2.24) is 0 Å². The number of carbonyl (C=O) groups excluding carboxylic acids is 1. The predicted octanol–water partition coefficient (Wildman–Crippen LogP) is 6.68. The van der Waals surface area contributed by atoms with E-state index >= 15 is 0 Å². The van der Waals surface area contributed by atoms with Gasteiger partial charge in [-0.1, -0.05) is 54.6 Å². The molecule has 0 bridgehead atoms. The molecule has 0 saturated carbocycles. The Hall–Kier alpha value is -3.73. The van der Waals surface area contributed by atoms with Crippen molar-refractivity contribution in [3.63, 3.8) is 0 Å². The number of hydrogen-bond acceptors (Lipinski definition) is 5. The predicted molar refractivity (Wildman–Crippen MR) is 125 cm³/mol. The zero-order chi connectivity index (χ0) is 22.6. The van der Waals surface area contributed by atoms with Gasteiger partial charge in [-0.25, -0.2) is 4.79 Å². The van der Waals surface area contributed by atoms with Gasteiger partial charge in [-0.05, 0) is 62.4 Å². The van der Waals surface area contributed by atoms with E-state index in [0.717, 1.165) is 29.5 Å². The molecule has 0 spiro atoms. The summed E-state index contributed by atoms with van der Waals surface area (Å²) < 4.78 is 17.2. The molecule has 4 rings (SSSR count). The van der Waals surface area contributed by atoms with Gasteiger partial charge in [-0.2, -0.15) is 0 Å². The molecule has 1 aliphatic carbocycles. The van der Waals surface area contributed by atoms with E-state index in [1.54, 1.807) is 12.3 Å². The zero-order valence-electron chi connectivity index (χ0n) is 18.6. The Morgan fingerprint density at radius 2 is 1.84 bits per heavy atom. The third-order valence-electron chi connectivity index (χ3n) is 4.90. The van der Waals surface area contributed by atoms with Crippen LogP contribution in [0.3, 0.4) is 0 Å². The minimum Gasteiger partial charge on any atom is -0.463 e. The van der Waals surface area contributed by atoms with Crippen LogP contribution in [-0.2, 0) is 14.2 Å². The fraction of sp³-hybridized carbons (Fsp3) is 0.222. The van der Waals surface area contributed by atoms with E-state index in [1.165, 1.54) is 6.26 Å². The number of ether oxygens (including phenoxy) is 3. The third kappa shape index (κ3) is 5.30. The summed E-state index contributed by atoms with van der Waals surface area (Å²) in [6, 6.07) is 15.6. The minimum atomic E-state index is -0.604. The summed E-state index contributed by atoms with van der Waals surface area (Å²) >= 11 is 0. The van der Waals surface area contributed by atoms with Gasteiger partial charge in [0, 0.05) is 0 Å². The summed E-state index contributed by atoms with van der Waals surface area (Å²) in [6.07, 6.45) is 11.1. The second kappa shape index (κ2) is 9.18. The van der Waals surface area contributed by atoms with E-state index < -0.39 is 11.6 Å².